The van der Waals surface area contributed by atoms with Gasteiger partial charge in [0.05, 0.1) is 6.33 Å². The molecule has 1 aliphatic rings. The van der Waals surface area contributed by atoms with Crippen molar-refractivity contribution in [3.05, 3.63) is 33.4 Å². The Labute approximate surface area is 92.6 Å². The summed E-state index contributed by atoms with van der Waals surface area (Å²) < 4.78 is 0. The molecular weight excluding hydrogens is 214 g/mol. The average molecular weight is 226 g/mol. The smallest absolute Gasteiger partial charge is 0.271 e. The molecule has 1 N–H and O–H groups in total. The standard InChI is InChI=1S/C10H12ClN3O/c1-7-2-4-14(5-3-7)9-8(11)10(15)13-6-12-9/h2,6H,3-5H2,1H3,(H,12,13,15). The van der Waals surface area contributed by atoms with E-state index in [0.717, 1.165) is 19.5 Å². The van der Waals surface area contributed by atoms with Gasteiger partial charge in [0, 0.05) is 13.1 Å². The maximum atomic E-state index is 11.3. The van der Waals surface area contributed by atoms with E-state index in [1.165, 1.54) is 11.9 Å². The van der Waals surface area contributed by atoms with Gasteiger partial charge in [0.2, 0.25) is 0 Å². The highest BCUT2D eigenvalue weighted by Gasteiger charge is 2.15. The fourth-order valence-electron chi connectivity index (χ4n) is 1.56. The summed E-state index contributed by atoms with van der Waals surface area (Å²) in [6, 6.07) is 0. The molecule has 0 saturated carbocycles. The Morgan fingerprint density at radius 3 is 3.07 bits per heavy atom. The van der Waals surface area contributed by atoms with E-state index in [1.807, 2.05) is 4.90 Å². The van der Waals surface area contributed by atoms with Gasteiger partial charge in [0.1, 0.15) is 5.02 Å². The summed E-state index contributed by atoms with van der Waals surface area (Å²) in [5.41, 5.74) is 1.08. The van der Waals surface area contributed by atoms with Crippen molar-refractivity contribution in [2.24, 2.45) is 0 Å². The third-order valence-corrected chi connectivity index (χ3v) is 2.85. The molecule has 0 aromatic carbocycles. The maximum absolute atomic E-state index is 11.3. The van der Waals surface area contributed by atoms with Crippen LogP contribution in [0.4, 0.5) is 5.82 Å². The first kappa shape index (κ1) is 10.2. The van der Waals surface area contributed by atoms with Gasteiger partial charge in [0.25, 0.3) is 5.56 Å². The zero-order valence-electron chi connectivity index (χ0n) is 8.46. The minimum atomic E-state index is -0.284. The van der Waals surface area contributed by atoms with Crippen molar-refractivity contribution in [2.45, 2.75) is 13.3 Å². The molecule has 0 unspecified atom stereocenters. The van der Waals surface area contributed by atoms with Crippen molar-refractivity contribution in [2.75, 3.05) is 18.0 Å². The maximum Gasteiger partial charge on any atom is 0.271 e. The van der Waals surface area contributed by atoms with Crippen molar-refractivity contribution in [3.63, 3.8) is 0 Å². The zero-order valence-corrected chi connectivity index (χ0v) is 9.21. The highest BCUT2D eigenvalue weighted by Crippen LogP contribution is 2.21. The third-order valence-electron chi connectivity index (χ3n) is 2.51. The fraction of sp³-hybridized carbons (Fsp3) is 0.400. The molecule has 0 amide bonds. The molecule has 80 valence electrons. The minimum Gasteiger partial charge on any atom is -0.351 e. The molecule has 2 rings (SSSR count). The van der Waals surface area contributed by atoms with Gasteiger partial charge in [-0.3, -0.25) is 4.79 Å². The van der Waals surface area contributed by atoms with Gasteiger partial charge in [0.15, 0.2) is 5.82 Å². The average Bonchev–Trinajstić information content (AvgIpc) is 2.24. The van der Waals surface area contributed by atoms with Crippen LogP contribution in [0.1, 0.15) is 13.3 Å². The van der Waals surface area contributed by atoms with Crippen molar-refractivity contribution < 1.29 is 0 Å². The lowest BCUT2D eigenvalue weighted by Gasteiger charge is -2.26. The molecular formula is C10H12ClN3O. The van der Waals surface area contributed by atoms with Gasteiger partial charge < -0.3 is 9.88 Å². The van der Waals surface area contributed by atoms with E-state index in [-0.39, 0.29) is 10.6 Å². The molecule has 1 aromatic heterocycles. The summed E-state index contributed by atoms with van der Waals surface area (Å²) in [6.07, 6.45) is 4.50. The topological polar surface area (TPSA) is 49.0 Å². The monoisotopic (exact) mass is 225 g/mol. The number of nitrogens with zero attached hydrogens (tertiary/aromatic N) is 2. The summed E-state index contributed by atoms with van der Waals surface area (Å²) >= 11 is 5.89. The first-order valence-corrected chi connectivity index (χ1v) is 5.20. The molecule has 1 aliphatic heterocycles. The second kappa shape index (κ2) is 4.06. The molecule has 2 heterocycles. The highest BCUT2D eigenvalue weighted by atomic mass is 35.5. The Balaban J connectivity index is 2.31. The number of hydrogen-bond donors (Lipinski definition) is 1. The predicted octanol–water partition coefficient (Wildman–Crippen LogP) is 1.58. The van der Waals surface area contributed by atoms with Crippen molar-refractivity contribution in [1.29, 1.82) is 0 Å². The van der Waals surface area contributed by atoms with Crippen LogP contribution in [0, 0.1) is 0 Å². The van der Waals surface area contributed by atoms with Gasteiger partial charge in [-0.15, -0.1) is 0 Å². The van der Waals surface area contributed by atoms with E-state index < -0.39 is 0 Å². The van der Waals surface area contributed by atoms with E-state index in [2.05, 4.69) is 23.0 Å². The number of aromatic nitrogens is 2. The SMILES string of the molecule is CC1=CCN(c2nc[nH]c(=O)c2Cl)CC1. The van der Waals surface area contributed by atoms with Crippen molar-refractivity contribution in [3.8, 4) is 0 Å². The number of H-pyrrole nitrogens is 1. The van der Waals surface area contributed by atoms with Crippen LogP contribution in [-0.2, 0) is 0 Å². The van der Waals surface area contributed by atoms with Gasteiger partial charge in [-0.1, -0.05) is 23.3 Å². The number of nitrogens with one attached hydrogen (secondary N) is 1. The molecule has 0 fully saturated rings. The van der Waals surface area contributed by atoms with Crippen LogP contribution < -0.4 is 10.5 Å². The molecule has 0 aliphatic carbocycles. The van der Waals surface area contributed by atoms with Gasteiger partial charge in [-0.05, 0) is 13.3 Å². The second-order valence-electron chi connectivity index (χ2n) is 3.62. The van der Waals surface area contributed by atoms with Gasteiger partial charge >= 0.3 is 0 Å². The Hall–Kier alpha value is -1.29. The van der Waals surface area contributed by atoms with E-state index in [1.54, 1.807) is 0 Å². The van der Waals surface area contributed by atoms with Gasteiger partial charge in [-0.2, -0.15) is 0 Å². The predicted molar refractivity (Wildman–Crippen MR) is 60.5 cm³/mol. The largest absolute Gasteiger partial charge is 0.351 e. The van der Waals surface area contributed by atoms with E-state index in [4.69, 9.17) is 11.6 Å². The van der Waals surface area contributed by atoms with Gasteiger partial charge in [-0.25, -0.2) is 4.98 Å². The van der Waals surface area contributed by atoms with Crippen LogP contribution in [-0.4, -0.2) is 23.1 Å². The minimum absolute atomic E-state index is 0.172. The number of anilines is 1. The molecule has 0 atom stereocenters. The summed E-state index contributed by atoms with van der Waals surface area (Å²) in [7, 11) is 0. The van der Waals surface area contributed by atoms with Crippen LogP contribution in [0.2, 0.25) is 5.02 Å². The third kappa shape index (κ3) is 2.04. The van der Waals surface area contributed by atoms with E-state index in [9.17, 15) is 4.79 Å². The zero-order chi connectivity index (χ0) is 10.8. The molecule has 5 heteroatoms. The molecule has 0 radical (unpaired) electrons. The van der Waals surface area contributed by atoms with Crippen LogP contribution in [0.5, 0.6) is 0 Å². The Kier molecular flexibility index (Phi) is 2.77. The summed E-state index contributed by atoms with van der Waals surface area (Å²) in [4.78, 5) is 19.8. The normalized spacial score (nSPS) is 16.4. The van der Waals surface area contributed by atoms with Crippen LogP contribution >= 0.6 is 11.6 Å². The Morgan fingerprint density at radius 2 is 2.40 bits per heavy atom. The molecule has 0 saturated heterocycles. The Bertz CT molecular complexity index is 452. The highest BCUT2D eigenvalue weighted by molar-refractivity contribution is 6.32. The van der Waals surface area contributed by atoms with Crippen LogP contribution in [0.3, 0.4) is 0 Å². The molecule has 1 aromatic rings. The summed E-state index contributed by atoms with van der Waals surface area (Å²) in [5.74, 6) is 0.573. The summed E-state index contributed by atoms with van der Waals surface area (Å²) in [6.45, 7) is 3.73. The number of hydrogen-bond acceptors (Lipinski definition) is 3. The van der Waals surface area contributed by atoms with Crippen LogP contribution in [0.25, 0.3) is 0 Å². The van der Waals surface area contributed by atoms with Crippen LogP contribution in [0.15, 0.2) is 22.8 Å². The molecule has 0 spiro atoms. The second-order valence-corrected chi connectivity index (χ2v) is 3.99. The molecule has 0 bridgehead atoms. The lowest BCUT2D eigenvalue weighted by molar-refractivity contribution is 0.772. The van der Waals surface area contributed by atoms with Crippen molar-refractivity contribution >= 4 is 17.4 Å². The number of halogens is 1. The molecule has 15 heavy (non-hydrogen) atoms. The van der Waals surface area contributed by atoms with E-state index in [0.29, 0.717) is 5.82 Å². The number of rotatable bonds is 1. The lowest BCUT2D eigenvalue weighted by atomic mass is 10.1. The first-order valence-electron chi connectivity index (χ1n) is 4.82. The molecule has 4 nitrogen and oxygen atoms in total. The van der Waals surface area contributed by atoms with Crippen molar-refractivity contribution in [1.82, 2.24) is 9.97 Å². The summed E-state index contributed by atoms with van der Waals surface area (Å²) in [5, 5.41) is 0.172. The first-order chi connectivity index (χ1) is 7.18. The number of aromatic amines is 1. The van der Waals surface area contributed by atoms with E-state index >= 15 is 0 Å². The fourth-order valence-corrected chi connectivity index (χ4v) is 1.78. The Morgan fingerprint density at radius 1 is 1.60 bits per heavy atom. The lowest BCUT2D eigenvalue weighted by Crippen LogP contribution is -2.30. The quantitative estimate of drug-likeness (QED) is 0.739.